The lowest BCUT2D eigenvalue weighted by molar-refractivity contribution is 0.669. The highest BCUT2D eigenvalue weighted by molar-refractivity contribution is 6.25. The van der Waals surface area contributed by atoms with Gasteiger partial charge in [-0.3, -0.25) is 0 Å². The summed E-state index contributed by atoms with van der Waals surface area (Å²) in [5.74, 6) is 0. The quantitative estimate of drug-likeness (QED) is 0.161. The molecule has 11 aromatic carbocycles. The molecule has 0 aliphatic heterocycles. The first-order chi connectivity index (χ1) is 28.8. The Balaban J connectivity index is 1.13. The minimum absolute atomic E-state index is 0.511. The third kappa shape index (κ3) is 3.72. The number of rotatable bonds is 2. The van der Waals surface area contributed by atoms with Crippen LogP contribution in [0, 0.1) is 0 Å². The van der Waals surface area contributed by atoms with Crippen molar-refractivity contribution in [2.45, 2.75) is 5.41 Å². The Kier molecular flexibility index (Phi) is 5.76. The topological polar surface area (TPSA) is 13.1 Å². The van der Waals surface area contributed by atoms with Crippen LogP contribution in [0.5, 0.6) is 0 Å². The predicted octanol–water partition coefficient (Wildman–Crippen LogP) is 15.3. The van der Waals surface area contributed by atoms with Crippen LogP contribution in [0.4, 0.5) is 0 Å². The molecule has 14 rings (SSSR count). The maximum Gasteiger partial charge on any atom is 0.135 e. The van der Waals surface area contributed by atoms with Gasteiger partial charge >= 0.3 is 0 Å². The molecule has 1 aromatic heterocycles. The average Bonchev–Trinajstić information content (AvgIpc) is 3.91. The standard InChI is InChI=1S/C57H32O/c1-2-13-40-36(10-1)32-50-56(55(40)38-25-29-52-46(30-38)43-16-5-8-19-51(43)58-52)45-28-24-37(31-49(45)57(50)47-17-6-3-14-41(47)42-15-4-7-18-48(42)57)39-26-22-35-21-20-33-11-9-12-34-23-27-44(39)54(35)53(33)34/h1-32H. The van der Waals surface area contributed by atoms with Gasteiger partial charge in [0.2, 0.25) is 0 Å². The second kappa shape index (κ2) is 10.9. The van der Waals surface area contributed by atoms with Crippen molar-refractivity contribution in [3.8, 4) is 44.5 Å². The summed E-state index contributed by atoms with van der Waals surface area (Å²) in [7, 11) is 0. The van der Waals surface area contributed by atoms with Crippen molar-refractivity contribution in [2.24, 2.45) is 0 Å². The number of para-hydroxylation sites is 1. The van der Waals surface area contributed by atoms with Crippen LogP contribution in [0.2, 0.25) is 0 Å². The van der Waals surface area contributed by atoms with E-state index in [2.05, 4.69) is 188 Å². The Labute approximate surface area is 334 Å². The summed E-state index contributed by atoms with van der Waals surface area (Å²) in [6, 6.07) is 72.8. The summed E-state index contributed by atoms with van der Waals surface area (Å²) in [6.07, 6.45) is 0. The molecule has 0 unspecified atom stereocenters. The lowest BCUT2D eigenvalue weighted by Gasteiger charge is -2.31. The third-order valence-electron chi connectivity index (χ3n) is 13.6. The van der Waals surface area contributed by atoms with Gasteiger partial charge < -0.3 is 4.42 Å². The van der Waals surface area contributed by atoms with Gasteiger partial charge in [-0.25, -0.2) is 0 Å². The fourth-order valence-corrected chi connectivity index (χ4v) is 11.3. The third-order valence-corrected chi connectivity index (χ3v) is 13.6. The highest BCUT2D eigenvalue weighted by Crippen LogP contribution is 2.65. The molecule has 1 spiro atoms. The van der Waals surface area contributed by atoms with E-state index in [1.165, 1.54) is 110 Å². The van der Waals surface area contributed by atoms with Gasteiger partial charge in [0, 0.05) is 10.8 Å². The number of benzene rings is 11. The van der Waals surface area contributed by atoms with Gasteiger partial charge in [0.05, 0.1) is 5.41 Å². The monoisotopic (exact) mass is 732 g/mol. The van der Waals surface area contributed by atoms with Crippen LogP contribution in [0.1, 0.15) is 22.3 Å². The van der Waals surface area contributed by atoms with Crippen LogP contribution in [-0.4, -0.2) is 0 Å². The summed E-state index contributed by atoms with van der Waals surface area (Å²) >= 11 is 0. The van der Waals surface area contributed by atoms with Gasteiger partial charge in [-0.2, -0.15) is 0 Å². The maximum absolute atomic E-state index is 6.36. The van der Waals surface area contributed by atoms with E-state index in [1.807, 2.05) is 6.07 Å². The molecular formula is C57H32O. The van der Waals surface area contributed by atoms with Gasteiger partial charge in [-0.15, -0.1) is 0 Å². The predicted molar refractivity (Wildman–Crippen MR) is 242 cm³/mol. The second-order valence-electron chi connectivity index (χ2n) is 16.3. The van der Waals surface area contributed by atoms with Crippen molar-refractivity contribution in [3.63, 3.8) is 0 Å². The molecule has 2 aliphatic rings. The van der Waals surface area contributed by atoms with Gasteiger partial charge in [-0.1, -0.05) is 164 Å². The van der Waals surface area contributed by atoms with Crippen LogP contribution < -0.4 is 0 Å². The Morgan fingerprint density at radius 2 is 0.914 bits per heavy atom. The van der Waals surface area contributed by atoms with Gasteiger partial charge in [-0.05, 0) is 140 Å². The molecule has 1 heteroatoms. The molecule has 0 radical (unpaired) electrons. The molecule has 1 nitrogen and oxygen atoms in total. The molecule has 2 aliphatic carbocycles. The van der Waals surface area contributed by atoms with Crippen molar-refractivity contribution in [1.82, 2.24) is 0 Å². The van der Waals surface area contributed by atoms with Crippen molar-refractivity contribution in [1.29, 1.82) is 0 Å². The van der Waals surface area contributed by atoms with Crippen LogP contribution in [0.15, 0.2) is 199 Å². The van der Waals surface area contributed by atoms with E-state index in [4.69, 9.17) is 4.42 Å². The van der Waals surface area contributed by atoms with Crippen LogP contribution >= 0.6 is 0 Å². The number of furan rings is 1. The van der Waals surface area contributed by atoms with E-state index in [0.717, 1.165) is 21.9 Å². The van der Waals surface area contributed by atoms with E-state index in [1.54, 1.807) is 0 Å². The fraction of sp³-hybridized carbons (Fsp3) is 0.0175. The SMILES string of the molecule is c1ccc2c(c1)-c1ccccc1C21c2cc(-c3ccc4ccc5cccc6ccc3c4c56)ccc2-c2c1cc1ccccc1c2-c1ccc2oc3ccccc3c2c1. The number of fused-ring (bicyclic) bond motifs is 14. The minimum Gasteiger partial charge on any atom is -0.456 e. The first-order valence-corrected chi connectivity index (χ1v) is 20.2. The Hall–Kier alpha value is -7.48. The molecule has 1 heterocycles. The zero-order valence-electron chi connectivity index (χ0n) is 31.4. The molecular weight excluding hydrogens is 701 g/mol. The molecule has 0 saturated carbocycles. The zero-order chi connectivity index (χ0) is 37.7. The molecule has 0 bridgehead atoms. The largest absolute Gasteiger partial charge is 0.456 e. The second-order valence-corrected chi connectivity index (χ2v) is 16.3. The Morgan fingerprint density at radius 1 is 0.293 bits per heavy atom. The summed E-state index contributed by atoms with van der Waals surface area (Å²) in [4.78, 5) is 0. The van der Waals surface area contributed by atoms with E-state index < -0.39 is 5.41 Å². The van der Waals surface area contributed by atoms with E-state index in [-0.39, 0.29) is 0 Å². The Morgan fingerprint density at radius 3 is 1.74 bits per heavy atom. The summed E-state index contributed by atoms with van der Waals surface area (Å²) < 4.78 is 6.36. The summed E-state index contributed by atoms with van der Waals surface area (Å²) in [5, 5.41) is 12.6. The molecule has 0 fully saturated rings. The molecule has 58 heavy (non-hydrogen) atoms. The van der Waals surface area contributed by atoms with Crippen molar-refractivity contribution in [2.75, 3.05) is 0 Å². The molecule has 0 atom stereocenters. The number of hydrogen-bond acceptors (Lipinski definition) is 1. The molecule has 12 aromatic rings. The first kappa shape index (κ1) is 30.7. The average molecular weight is 733 g/mol. The smallest absolute Gasteiger partial charge is 0.135 e. The van der Waals surface area contributed by atoms with Crippen LogP contribution in [-0.2, 0) is 5.41 Å². The summed E-state index contributed by atoms with van der Waals surface area (Å²) in [6.45, 7) is 0. The molecule has 0 N–H and O–H groups in total. The van der Waals surface area contributed by atoms with Crippen LogP contribution in [0.3, 0.4) is 0 Å². The number of hydrogen-bond donors (Lipinski definition) is 0. The summed E-state index contributed by atoms with van der Waals surface area (Å²) in [5.41, 5.74) is 16.9. The first-order valence-electron chi connectivity index (χ1n) is 20.2. The molecule has 0 saturated heterocycles. The normalized spacial score (nSPS) is 13.7. The van der Waals surface area contributed by atoms with Gasteiger partial charge in [0.1, 0.15) is 11.2 Å². The highest BCUT2D eigenvalue weighted by Gasteiger charge is 2.52. The van der Waals surface area contributed by atoms with E-state index >= 15 is 0 Å². The van der Waals surface area contributed by atoms with E-state index in [9.17, 15) is 0 Å². The minimum atomic E-state index is -0.511. The van der Waals surface area contributed by atoms with Gasteiger partial charge in [0.25, 0.3) is 0 Å². The van der Waals surface area contributed by atoms with E-state index in [0.29, 0.717) is 0 Å². The van der Waals surface area contributed by atoms with Crippen LogP contribution in [0.25, 0.3) is 110 Å². The molecule has 266 valence electrons. The lowest BCUT2D eigenvalue weighted by Crippen LogP contribution is -2.26. The van der Waals surface area contributed by atoms with Crippen molar-refractivity contribution in [3.05, 3.63) is 216 Å². The van der Waals surface area contributed by atoms with Crippen molar-refractivity contribution >= 4 is 65.0 Å². The highest BCUT2D eigenvalue weighted by atomic mass is 16.3. The molecule has 0 amide bonds. The lowest BCUT2D eigenvalue weighted by atomic mass is 9.69. The zero-order valence-corrected chi connectivity index (χ0v) is 31.4. The Bertz CT molecular complexity index is 3690. The van der Waals surface area contributed by atoms with Crippen molar-refractivity contribution < 1.29 is 4.42 Å². The fourth-order valence-electron chi connectivity index (χ4n) is 11.3. The van der Waals surface area contributed by atoms with Gasteiger partial charge in [0.15, 0.2) is 0 Å². The maximum atomic E-state index is 6.36.